The zero-order valence-electron chi connectivity index (χ0n) is 51.0. The number of hydrogen-bond donors (Lipinski definition) is 10. The minimum atomic E-state index is -1.67. The first-order chi connectivity index (χ1) is 36.6. The average Bonchev–Trinajstić information content (AvgIpc) is 3.85. The third-order valence-corrected chi connectivity index (χ3v) is 14.8. The van der Waals surface area contributed by atoms with Crippen LogP contribution >= 0.6 is 0 Å². The fourth-order valence-electron chi connectivity index (χ4n) is 9.31. The van der Waals surface area contributed by atoms with Gasteiger partial charge in [0.15, 0.2) is 0 Å². The summed E-state index contributed by atoms with van der Waals surface area (Å²) in [5.74, 6) is -7.20. The predicted molar refractivity (Wildman–Crippen MR) is 304 cm³/mol. The third-order valence-electron chi connectivity index (χ3n) is 14.8. The fourth-order valence-corrected chi connectivity index (χ4v) is 9.31. The number of nitrogens with one attached hydrogen (secondary N) is 8. The van der Waals surface area contributed by atoms with Gasteiger partial charge in [-0.3, -0.25) is 47.9 Å². The van der Waals surface area contributed by atoms with Gasteiger partial charge in [0.1, 0.15) is 52.6 Å². The molecule has 0 aliphatic carbocycles. The van der Waals surface area contributed by atoms with Crippen molar-refractivity contribution in [3.63, 3.8) is 0 Å². The van der Waals surface area contributed by atoms with Crippen LogP contribution in [-0.2, 0) is 47.9 Å². The summed E-state index contributed by atoms with van der Waals surface area (Å²) >= 11 is 0. The van der Waals surface area contributed by atoms with Crippen LogP contribution in [0.15, 0.2) is 0 Å². The molecule has 0 spiro atoms. The van der Waals surface area contributed by atoms with Crippen LogP contribution in [0.1, 0.15) is 188 Å². The minimum absolute atomic E-state index is 0.0295. The molecule has 0 bridgehead atoms. The van der Waals surface area contributed by atoms with Crippen molar-refractivity contribution in [2.45, 2.75) is 247 Å². The Labute approximate surface area is 471 Å². The van der Waals surface area contributed by atoms with Gasteiger partial charge in [-0.2, -0.15) is 0 Å². The number of hydrogen-bond acceptors (Lipinski definition) is 13. The van der Waals surface area contributed by atoms with E-state index in [9.17, 15) is 58.2 Å². The first-order valence-corrected chi connectivity index (χ1v) is 28.9. The highest BCUT2D eigenvalue weighted by atomic mass is 16.3. The van der Waals surface area contributed by atoms with Gasteiger partial charge in [0.25, 0.3) is 0 Å². The summed E-state index contributed by atoms with van der Waals surface area (Å²) in [4.78, 5) is 140. The number of amides is 9. The van der Waals surface area contributed by atoms with Crippen LogP contribution in [0, 0.1) is 23.7 Å². The van der Waals surface area contributed by atoms with Crippen molar-refractivity contribution in [3.8, 4) is 0 Å². The summed E-state index contributed by atoms with van der Waals surface area (Å²) in [7, 11) is 1.80. The summed E-state index contributed by atoms with van der Waals surface area (Å²) in [5, 5.41) is 41.8. The summed E-state index contributed by atoms with van der Waals surface area (Å²) in [6.07, 6.45) is 5.57. The average molecular weight is 1120 g/mol. The van der Waals surface area contributed by atoms with E-state index in [1.807, 2.05) is 18.7 Å². The van der Waals surface area contributed by atoms with Gasteiger partial charge < -0.3 is 62.5 Å². The lowest BCUT2D eigenvalue weighted by molar-refractivity contribution is -0.142. The molecule has 0 aromatic rings. The first-order valence-electron chi connectivity index (χ1n) is 28.9. The standard InChI is InChI=1S/C57H104N10O12/c1-18-21-22-23-25-37(8)51(76)67-27-24-26-43(67)48(73)60-42(31-35(6)30-41(70)32-40(69)20-3)47(72)59-39(10)46(71)63-55(11,12)53(78)62-45(36(7)19-2)49(74)61-44(34(4)5)50(75)64-57(15,16)54(79)65-56(13,14)52(77)58-38(9)33-66(17)28-29-68/h34-39,41-45,68,70H,18-33H2,1-17H3,(H,58,77)(H,59,72)(H,60,73)(H,61,74)(H,62,78)(H,63,71)(H,64,75)(H,65,79). The molecule has 0 radical (unpaired) electrons. The number of carbonyl (C=O) groups excluding carboxylic acids is 10. The maximum atomic E-state index is 14.1. The Morgan fingerprint density at radius 1 is 0.658 bits per heavy atom. The van der Waals surface area contributed by atoms with Crippen molar-refractivity contribution in [2.24, 2.45) is 23.7 Å². The van der Waals surface area contributed by atoms with E-state index < -0.39 is 112 Å². The Morgan fingerprint density at radius 2 is 1.24 bits per heavy atom. The van der Waals surface area contributed by atoms with Gasteiger partial charge >= 0.3 is 0 Å². The van der Waals surface area contributed by atoms with E-state index in [-0.39, 0.29) is 61.9 Å². The van der Waals surface area contributed by atoms with Gasteiger partial charge in [-0.15, -0.1) is 0 Å². The van der Waals surface area contributed by atoms with E-state index in [2.05, 4.69) is 49.5 Å². The highest BCUT2D eigenvalue weighted by Gasteiger charge is 2.42. The number of aliphatic hydroxyl groups excluding tert-OH is 2. The lowest BCUT2D eigenvalue weighted by Gasteiger charge is -2.35. The zero-order valence-corrected chi connectivity index (χ0v) is 51.0. The molecule has 1 aliphatic heterocycles. The summed E-state index contributed by atoms with van der Waals surface area (Å²) in [5.41, 5.74) is -4.64. The van der Waals surface area contributed by atoms with Crippen LogP contribution in [0.25, 0.3) is 0 Å². The number of ketones is 1. The van der Waals surface area contributed by atoms with Crippen LogP contribution in [0.5, 0.6) is 0 Å². The molecule has 0 saturated carbocycles. The second kappa shape index (κ2) is 33.5. The number of unbranched alkanes of at least 4 members (excludes halogenated alkanes) is 3. The first kappa shape index (κ1) is 71.8. The summed E-state index contributed by atoms with van der Waals surface area (Å²) < 4.78 is 0. The zero-order chi connectivity index (χ0) is 60.7. The van der Waals surface area contributed by atoms with Crippen LogP contribution in [0.4, 0.5) is 0 Å². The van der Waals surface area contributed by atoms with Crippen molar-refractivity contribution in [3.05, 3.63) is 0 Å². The second-order valence-electron chi connectivity index (χ2n) is 24.3. The Bertz CT molecular complexity index is 2050. The number of carbonyl (C=O) groups is 10. The predicted octanol–water partition coefficient (Wildman–Crippen LogP) is 2.50. The number of aliphatic hydroxyl groups is 2. The Hall–Kier alpha value is -5.22. The molecule has 0 aromatic heterocycles. The largest absolute Gasteiger partial charge is 0.395 e. The van der Waals surface area contributed by atoms with Gasteiger partial charge in [-0.25, -0.2) is 0 Å². The Morgan fingerprint density at radius 3 is 1.81 bits per heavy atom. The molecule has 22 nitrogen and oxygen atoms in total. The normalized spacial score (nSPS) is 17.4. The number of rotatable bonds is 36. The molecular formula is C57H104N10O12. The molecule has 10 unspecified atom stereocenters. The highest BCUT2D eigenvalue weighted by molar-refractivity contribution is 6.00. The number of likely N-dealkylation sites (N-methyl/N-ethyl adjacent to an activating group) is 1. The quantitative estimate of drug-likeness (QED) is 0.0404. The Balaban J connectivity index is 3.23. The highest BCUT2D eigenvalue weighted by Crippen LogP contribution is 2.24. The van der Waals surface area contributed by atoms with Crippen molar-refractivity contribution < 1.29 is 58.2 Å². The van der Waals surface area contributed by atoms with Gasteiger partial charge in [0, 0.05) is 44.4 Å². The summed E-state index contributed by atoms with van der Waals surface area (Å²) in [6.45, 7) is 27.6. The molecule has 79 heavy (non-hydrogen) atoms. The molecule has 10 atom stereocenters. The molecule has 22 heteroatoms. The SMILES string of the molecule is CCCCCCC(C)C(=O)N1CCCC1C(=O)NC(CC(C)CC(O)CC(=O)CC)C(=O)NC(C)C(=O)NC(C)(C)C(=O)NC(C(=O)NC(C(=O)NC(C)(C)C(=O)NC(C)(C)C(=O)NC(C)CN(C)CCO)C(C)C)C(C)CC. The smallest absolute Gasteiger partial charge is 0.246 e. The van der Waals surface area contributed by atoms with Crippen LogP contribution in [0.2, 0.25) is 0 Å². The molecular weight excluding hydrogens is 1020 g/mol. The van der Waals surface area contributed by atoms with Crippen molar-refractivity contribution in [2.75, 3.05) is 33.3 Å². The number of likely N-dealkylation sites (tertiary alicyclic amines) is 1. The van der Waals surface area contributed by atoms with Crippen molar-refractivity contribution in [1.82, 2.24) is 52.3 Å². The lowest BCUT2D eigenvalue weighted by Crippen LogP contribution is -2.66. The van der Waals surface area contributed by atoms with E-state index >= 15 is 0 Å². The number of Topliss-reactive ketones (excluding diaryl/α,β-unsaturated/α-hetero) is 1. The topological polar surface area (TPSA) is 314 Å². The van der Waals surface area contributed by atoms with E-state index in [4.69, 9.17) is 0 Å². The fraction of sp³-hybridized carbons (Fsp3) is 0.825. The van der Waals surface area contributed by atoms with Gasteiger partial charge in [0.2, 0.25) is 53.2 Å². The van der Waals surface area contributed by atoms with E-state index in [0.717, 1.165) is 25.7 Å². The molecule has 0 aromatic carbocycles. The van der Waals surface area contributed by atoms with Crippen molar-refractivity contribution >= 4 is 58.9 Å². The van der Waals surface area contributed by atoms with Gasteiger partial charge in [-0.05, 0) is 112 Å². The van der Waals surface area contributed by atoms with Crippen LogP contribution in [0.3, 0.4) is 0 Å². The lowest BCUT2D eigenvalue weighted by atomic mass is 9.92. The second-order valence-corrected chi connectivity index (χ2v) is 24.3. The molecule has 1 aliphatic rings. The van der Waals surface area contributed by atoms with Gasteiger partial charge in [0.05, 0.1) is 12.7 Å². The molecule has 10 N–H and O–H groups in total. The van der Waals surface area contributed by atoms with Crippen LogP contribution in [-0.4, -0.2) is 171 Å². The van der Waals surface area contributed by atoms with Gasteiger partial charge in [-0.1, -0.05) is 87.5 Å². The van der Waals surface area contributed by atoms with E-state index in [1.165, 1.54) is 48.5 Å². The van der Waals surface area contributed by atoms with Crippen LogP contribution < -0.4 is 42.5 Å². The Kier molecular flexibility index (Phi) is 30.5. The minimum Gasteiger partial charge on any atom is -0.395 e. The molecule has 1 heterocycles. The van der Waals surface area contributed by atoms with Crippen molar-refractivity contribution in [1.29, 1.82) is 0 Å². The molecule has 454 valence electrons. The van der Waals surface area contributed by atoms with E-state index in [0.29, 0.717) is 45.3 Å². The number of nitrogens with zero attached hydrogens (tertiary/aromatic N) is 2. The summed E-state index contributed by atoms with van der Waals surface area (Å²) in [6, 6.07) is -5.98. The molecule has 9 amide bonds. The molecule has 1 saturated heterocycles. The maximum absolute atomic E-state index is 14.1. The molecule has 1 fully saturated rings. The third kappa shape index (κ3) is 24.2. The monoisotopic (exact) mass is 1120 g/mol. The van der Waals surface area contributed by atoms with E-state index in [1.54, 1.807) is 53.5 Å². The molecule has 1 rings (SSSR count). The maximum Gasteiger partial charge on any atom is 0.246 e.